The van der Waals surface area contributed by atoms with Gasteiger partial charge in [-0.3, -0.25) is 9.80 Å². The fourth-order valence-electron chi connectivity index (χ4n) is 1.47. The van der Waals surface area contributed by atoms with E-state index in [1.165, 1.54) is 9.80 Å². The summed E-state index contributed by atoms with van der Waals surface area (Å²) in [6.07, 6.45) is 0. The average Bonchev–Trinajstić information content (AvgIpc) is 2.39. The van der Waals surface area contributed by atoms with Gasteiger partial charge in [0.25, 0.3) is 0 Å². The number of carboxylic acids is 2. The van der Waals surface area contributed by atoms with Crippen LogP contribution in [0.3, 0.4) is 0 Å². The molecular formula is C12H24N2O8Zn. The molecule has 0 amide bonds. The molecule has 0 rings (SSSR count). The number of nitrogens with zero attached hydrogens (tertiary/aromatic N) is 2. The fourth-order valence-corrected chi connectivity index (χ4v) is 1.47. The molecule has 0 aromatic rings. The van der Waals surface area contributed by atoms with Crippen molar-refractivity contribution >= 4 is 11.9 Å². The summed E-state index contributed by atoms with van der Waals surface area (Å²) in [5.74, 6) is -2.40. The first-order valence-corrected chi connectivity index (χ1v) is 6.69. The molecule has 0 spiro atoms. The quantitative estimate of drug-likeness (QED) is 0.236. The smallest absolute Gasteiger partial charge is 0.549 e. The van der Waals surface area contributed by atoms with Crippen LogP contribution in [-0.4, -0.2) is 108 Å². The van der Waals surface area contributed by atoms with Crippen LogP contribution < -0.4 is 10.2 Å². The van der Waals surface area contributed by atoms with E-state index < -0.39 is 11.9 Å². The standard InChI is InChI=1S/2C6H13NO4.Zn/c2*8-3-1-7(2-4-9)5-6(10)11;/h2*8-9H,1-5H2,(H,10,11);/q;;+2/p-2. The number of carboxylic acid groups (broad SMARTS) is 2. The van der Waals surface area contributed by atoms with E-state index in [-0.39, 0.29) is 85.2 Å². The Hall–Kier alpha value is -0.677. The molecule has 0 atom stereocenters. The fraction of sp³-hybridized carbons (Fsp3) is 0.833. The van der Waals surface area contributed by atoms with Gasteiger partial charge in [0.05, 0.1) is 38.4 Å². The SMILES string of the molecule is O=C([O-])CN(CCO)CCO.O=C([O-])CN(CCO)CCO.[Zn+2]. The molecule has 132 valence electrons. The van der Waals surface area contributed by atoms with E-state index in [2.05, 4.69) is 0 Å². The summed E-state index contributed by atoms with van der Waals surface area (Å²) in [4.78, 5) is 22.9. The topological polar surface area (TPSA) is 168 Å². The molecule has 0 saturated heterocycles. The molecule has 0 saturated carbocycles. The number of aliphatic carboxylic acids is 2. The Labute approximate surface area is 147 Å². The van der Waals surface area contributed by atoms with E-state index in [1.54, 1.807) is 0 Å². The van der Waals surface area contributed by atoms with Gasteiger partial charge in [0.2, 0.25) is 0 Å². The summed E-state index contributed by atoms with van der Waals surface area (Å²) < 4.78 is 0. The van der Waals surface area contributed by atoms with Gasteiger partial charge >= 0.3 is 19.5 Å². The molecule has 10 nitrogen and oxygen atoms in total. The van der Waals surface area contributed by atoms with Gasteiger partial charge in [-0.15, -0.1) is 0 Å². The Morgan fingerprint density at radius 2 is 0.870 bits per heavy atom. The summed E-state index contributed by atoms with van der Waals surface area (Å²) in [6, 6.07) is 0. The Morgan fingerprint density at radius 3 is 1.00 bits per heavy atom. The van der Waals surface area contributed by atoms with Crippen molar-refractivity contribution in [2.24, 2.45) is 0 Å². The van der Waals surface area contributed by atoms with Crippen LogP contribution in [0.5, 0.6) is 0 Å². The van der Waals surface area contributed by atoms with Crippen LogP contribution in [-0.2, 0) is 29.1 Å². The summed E-state index contributed by atoms with van der Waals surface area (Å²) in [5.41, 5.74) is 0. The van der Waals surface area contributed by atoms with Gasteiger partial charge in [-0.25, -0.2) is 0 Å². The van der Waals surface area contributed by atoms with E-state index in [0.29, 0.717) is 0 Å². The van der Waals surface area contributed by atoms with Crippen molar-refractivity contribution in [2.75, 3.05) is 65.7 Å². The molecule has 0 aliphatic carbocycles. The maximum atomic E-state index is 10.0. The summed E-state index contributed by atoms with van der Waals surface area (Å²) in [7, 11) is 0. The van der Waals surface area contributed by atoms with Gasteiger partial charge in [-0.2, -0.15) is 0 Å². The minimum Gasteiger partial charge on any atom is -0.549 e. The van der Waals surface area contributed by atoms with Gasteiger partial charge in [0.1, 0.15) is 0 Å². The summed E-state index contributed by atoms with van der Waals surface area (Å²) in [5, 5.41) is 53.8. The number of hydrogen-bond acceptors (Lipinski definition) is 10. The molecule has 0 radical (unpaired) electrons. The number of aliphatic hydroxyl groups excluding tert-OH is 4. The molecule has 0 aliphatic rings. The molecule has 0 aromatic heterocycles. The summed E-state index contributed by atoms with van der Waals surface area (Å²) in [6.45, 7) is 0.00944. The van der Waals surface area contributed by atoms with Crippen LogP contribution in [0.25, 0.3) is 0 Å². The third-order valence-corrected chi connectivity index (χ3v) is 2.37. The van der Waals surface area contributed by atoms with E-state index in [4.69, 9.17) is 20.4 Å². The number of aliphatic hydroxyl groups is 4. The minimum absolute atomic E-state index is 0. The Bertz CT molecular complexity index is 256. The zero-order valence-electron chi connectivity index (χ0n) is 13.1. The van der Waals surface area contributed by atoms with Crippen molar-refractivity contribution in [3.05, 3.63) is 0 Å². The van der Waals surface area contributed by atoms with Crippen LogP contribution >= 0.6 is 0 Å². The van der Waals surface area contributed by atoms with Crippen LogP contribution in [0.1, 0.15) is 0 Å². The maximum Gasteiger partial charge on any atom is 2.00 e. The second-order valence-corrected chi connectivity index (χ2v) is 4.19. The van der Waals surface area contributed by atoms with E-state index in [0.717, 1.165) is 0 Å². The maximum absolute atomic E-state index is 10.0. The van der Waals surface area contributed by atoms with Crippen molar-refractivity contribution in [1.82, 2.24) is 9.80 Å². The van der Waals surface area contributed by atoms with Crippen LogP contribution in [0, 0.1) is 0 Å². The molecule has 0 unspecified atom stereocenters. The third-order valence-electron chi connectivity index (χ3n) is 2.37. The molecule has 0 fully saturated rings. The molecule has 0 aliphatic heterocycles. The largest absolute Gasteiger partial charge is 2.00 e. The Morgan fingerprint density at radius 1 is 0.652 bits per heavy atom. The first-order valence-electron chi connectivity index (χ1n) is 6.69. The van der Waals surface area contributed by atoms with Gasteiger partial charge in [0, 0.05) is 39.3 Å². The Balaban J connectivity index is -0.000000333. The van der Waals surface area contributed by atoms with Crippen molar-refractivity contribution in [3.8, 4) is 0 Å². The monoisotopic (exact) mass is 388 g/mol. The molecule has 23 heavy (non-hydrogen) atoms. The molecule has 0 heterocycles. The molecule has 4 N–H and O–H groups in total. The number of hydrogen-bond donors (Lipinski definition) is 4. The molecular weight excluding hydrogens is 366 g/mol. The summed E-state index contributed by atoms with van der Waals surface area (Å²) >= 11 is 0. The molecule has 0 bridgehead atoms. The predicted octanol–water partition coefficient (Wildman–Crippen LogP) is -5.96. The number of carbonyl (C=O) groups is 2. The molecule has 11 heteroatoms. The second kappa shape index (κ2) is 19.4. The van der Waals surface area contributed by atoms with Gasteiger partial charge in [-0.1, -0.05) is 0 Å². The minimum atomic E-state index is -1.20. The van der Waals surface area contributed by atoms with E-state index >= 15 is 0 Å². The van der Waals surface area contributed by atoms with E-state index in [1.807, 2.05) is 0 Å². The third kappa shape index (κ3) is 21.3. The van der Waals surface area contributed by atoms with Crippen LogP contribution in [0.4, 0.5) is 0 Å². The average molecular weight is 390 g/mol. The normalized spacial score (nSPS) is 10.0. The first-order chi connectivity index (χ1) is 10.4. The number of carbonyl (C=O) groups excluding carboxylic acids is 2. The van der Waals surface area contributed by atoms with Gasteiger partial charge in [-0.05, 0) is 0 Å². The zero-order chi connectivity index (χ0) is 17.4. The van der Waals surface area contributed by atoms with Crippen molar-refractivity contribution in [3.63, 3.8) is 0 Å². The Kier molecular flexibility index (Phi) is 22.9. The second-order valence-electron chi connectivity index (χ2n) is 4.19. The van der Waals surface area contributed by atoms with Gasteiger partial charge in [0.15, 0.2) is 0 Å². The number of rotatable bonds is 12. The van der Waals surface area contributed by atoms with Crippen LogP contribution in [0.15, 0.2) is 0 Å². The van der Waals surface area contributed by atoms with Crippen molar-refractivity contribution < 1.29 is 59.7 Å². The zero-order valence-corrected chi connectivity index (χ0v) is 16.1. The molecule has 0 aromatic carbocycles. The van der Waals surface area contributed by atoms with Crippen LogP contribution in [0.2, 0.25) is 0 Å². The predicted molar refractivity (Wildman–Crippen MR) is 71.2 cm³/mol. The van der Waals surface area contributed by atoms with Crippen molar-refractivity contribution in [1.29, 1.82) is 0 Å². The van der Waals surface area contributed by atoms with Gasteiger partial charge < -0.3 is 40.2 Å². The first kappa shape index (κ1) is 27.2. The van der Waals surface area contributed by atoms with Crippen molar-refractivity contribution in [2.45, 2.75) is 0 Å². The van der Waals surface area contributed by atoms with E-state index in [9.17, 15) is 19.8 Å².